The van der Waals surface area contributed by atoms with E-state index < -0.39 is 11.5 Å². The molecular formula is C15H15NO4. The van der Waals surface area contributed by atoms with Crippen LogP contribution in [0.25, 0.3) is 6.08 Å². The summed E-state index contributed by atoms with van der Waals surface area (Å²) in [5.74, 6) is -1.59. The molecule has 1 aromatic rings. The molecule has 0 aliphatic heterocycles. The molecule has 1 aromatic carbocycles. The molecule has 0 aliphatic carbocycles. The van der Waals surface area contributed by atoms with E-state index >= 15 is 0 Å². The number of aromatic hydroxyl groups is 2. The molecule has 5 heteroatoms. The Bertz CT molecular complexity index is 605. The fourth-order valence-corrected chi connectivity index (χ4v) is 1.67. The van der Waals surface area contributed by atoms with Crippen molar-refractivity contribution in [1.82, 2.24) is 0 Å². The van der Waals surface area contributed by atoms with Crippen LogP contribution in [0.3, 0.4) is 0 Å². The molecule has 0 saturated carbocycles. The third-order valence-corrected chi connectivity index (χ3v) is 2.79. The second-order valence-corrected chi connectivity index (χ2v) is 4.16. The third-order valence-electron chi connectivity index (χ3n) is 2.79. The van der Waals surface area contributed by atoms with Crippen LogP contribution in [-0.2, 0) is 9.59 Å². The van der Waals surface area contributed by atoms with E-state index in [9.17, 15) is 19.8 Å². The van der Waals surface area contributed by atoms with Gasteiger partial charge in [0.2, 0.25) is 0 Å². The number of hydrogen-bond acceptors (Lipinski definition) is 5. The Kier molecular flexibility index (Phi) is 5.04. The van der Waals surface area contributed by atoms with Gasteiger partial charge >= 0.3 is 0 Å². The van der Waals surface area contributed by atoms with Crippen LogP contribution in [0.1, 0.15) is 37.8 Å². The average molecular weight is 273 g/mol. The molecule has 0 bridgehead atoms. The maximum Gasteiger partial charge on any atom is 0.175 e. The number of allylic oxidation sites excluding steroid dienone is 1. The van der Waals surface area contributed by atoms with Gasteiger partial charge in [-0.3, -0.25) is 9.59 Å². The Balaban J connectivity index is 3.39. The summed E-state index contributed by atoms with van der Waals surface area (Å²) in [6, 6.07) is 4.23. The molecule has 1 rings (SSSR count). The van der Waals surface area contributed by atoms with Gasteiger partial charge in [0.1, 0.15) is 6.07 Å². The minimum absolute atomic E-state index is 0.0315. The molecule has 0 amide bonds. The second-order valence-electron chi connectivity index (χ2n) is 4.16. The van der Waals surface area contributed by atoms with E-state index in [1.54, 1.807) is 19.9 Å². The number of hydrogen-bond donors (Lipinski definition) is 2. The molecular weight excluding hydrogens is 258 g/mol. The van der Waals surface area contributed by atoms with Crippen LogP contribution >= 0.6 is 0 Å². The fraction of sp³-hybridized carbons (Fsp3) is 0.267. The van der Waals surface area contributed by atoms with Gasteiger partial charge < -0.3 is 10.2 Å². The number of phenols is 2. The molecule has 5 nitrogen and oxygen atoms in total. The minimum Gasteiger partial charge on any atom is -0.504 e. The zero-order valence-electron chi connectivity index (χ0n) is 11.3. The van der Waals surface area contributed by atoms with Crippen molar-refractivity contribution in [2.75, 3.05) is 0 Å². The first-order chi connectivity index (χ1) is 9.44. The number of nitrogens with zero attached hydrogens (tertiary/aromatic N) is 1. The number of nitriles is 1. The number of carbonyl (C=O) groups excluding carboxylic acids is 2. The highest BCUT2D eigenvalue weighted by atomic mass is 16.3. The lowest BCUT2D eigenvalue weighted by molar-refractivity contribution is -0.121. The summed E-state index contributed by atoms with van der Waals surface area (Å²) in [6.45, 7) is 3.29. The summed E-state index contributed by atoms with van der Waals surface area (Å²) in [4.78, 5) is 23.5. The van der Waals surface area contributed by atoms with Crippen LogP contribution in [0.15, 0.2) is 17.7 Å². The van der Waals surface area contributed by atoms with Crippen molar-refractivity contribution in [3.05, 3.63) is 28.8 Å². The first kappa shape index (κ1) is 15.4. The largest absolute Gasteiger partial charge is 0.504 e. The van der Waals surface area contributed by atoms with Crippen molar-refractivity contribution in [3.63, 3.8) is 0 Å². The van der Waals surface area contributed by atoms with Crippen LogP contribution in [-0.4, -0.2) is 21.8 Å². The van der Waals surface area contributed by atoms with Crippen molar-refractivity contribution < 1.29 is 19.8 Å². The number of ketones is 2. The third kappa shape index (κ3) is 3.23. The summed E-state index contributed by atoms with van der Waals surface area (Å²) in [5, 5.41) is 27.8. The summed E-state index contributed by atoms with van der Waals surface area (Å²) < 4.78 is 0. The van der Waals surface area contributed by atoms with Crippen LogP contribution < -0.4 is 0 Å². The number of phenolic OH excluding ortho intramolecular Hbond substituents is 2. The van der Waals surface area contributed by atoms with E-state index in [0.29, 0.717) is 5.56 Å². The first-order valence-electron chi connectivity index (χ1n) is 6.18. The van der Waals surface area contributed by atoms with E-state index in [0.717, 1.165) is 0 Å². The molecule has 0 saturated heterocycles. The molecule has 2 N–H and O–H groups in total. The highest BCUT2D eigenvalue weighted by Gasteiger charge is 2.16. The van der Waals surface area contributed by atoms with Gasteiger partial charge in [0, 0.05) is 12.8 Å². The molecule has 0 atom stereocenters. The Labute approximate surface area is 116 Å². The smallest absolute Gasteiger partial charge is 0.175 e. The Morgan fingerprint density at radius 2 is 1.75 bits per heavy atom. The minimum atomic E-state index is -0.519. The van der Waals surface area contributed by atoms with Gasteiger partial charge in [-0.2, -0.15) is 5.26 Å². The lowest BCUT2D eigenvalue weighted by Gasteiger charge is -2.05. The normalized spacial score (nSPS) is 9.65. The van der Waals surface area contributed by atoms with E-state index in [1.807, 2.05) is 0 Å². The van der Waals surface area contributed by atoms with Crippen molar-refractivity contribution in [3.8, 4) is 17.6 Å². The molecule has 104 valence electrons. The van der Waals surface area contributed by atoms with Gasteiger partial charge in [0.05, 0.1) is 11.1 Å². The zero-order valence-corrected chi connectivity index (χ0v) is 11.3. The lowest BCUT2D eigenvalue weighted by Crippen LogP contribution is -2.10. The SMILES string of the molecule is CCC(=O)C(=Cc1cc(O)c(O)c(C#N)c1)C(=O)CC. The van der Waals surface area contributed by atoms with Crippen LogP contribution in [0.4, 0.5) is 0 Å². The fourth-order valence-electron chi connectivity index (χ4n) is 1.67. The summed E-state index contributed by atoms with van der Waals surface area (Å²) in [6.07, 6.45) is 1.71. The zero-order chi connectivity index (χ0) is 15.3. The monoisotopic (exact) mass is 273 g/mol. The summed E-state index contributed by atoms with van der Waals surface area (Å²) in [5.41, 5.74) is 0.225. The maximum atomic E-state index is 11.8. The van der Waals surface area contributed by atoms with Gasteiger partial charge in [-0.05, 0) is 23.8 Å². The molecule has 0 radical (unpaired) electrons. The topological polar surface area (TPSA) is 98.4 Å². The van der Waals surface area contributed by atoms with E-state index in [1.165, 1.54) is 18.2 Å². The Morgan fingerprint density at radius 3 is 2.20 bits per heavy atom. The number of benzene rings is 1. The molecule has 0 unspecified atom stereocenters. The predicted octanol–water partition coefficient (Wildman–Crippen LogP) is 2.31. The molecule has 0 spiro atoms. The molecule has 20 heavy (non-hydrogen) atoms. The quantitative estimate of drug-likeness (QED) is 0.371. The van der Waals surface area contributed by atoms with Crippen LogP contribution in [0.5, 0.6) is 11.5 Å². The van der Waals surface area contributed by atoms with Gasteiger partial charge in [-0.15, -0.1) is 0 Å². The van der Waals surface area contributed by atoms with E-state index in [4.69, 9.17) is 5.26 Å². The number of rotatable bonds is 5. The highest BCUT2D eigenvalue weighted by Crippen LogP contribution is 2.30. The van der Waals surface area contributed by atoms with Gasteiger partial charge in [0.15, 0.2) is 23.1 Å². The molecule has 0 aliphatic rings. The Morgan fingerprint density at radius 1 is 1.20 bits per heavy atom. The van der Waals surface area contributed by atoms with E-state index in [2.05, 4.69) is 0 Å². The lowest BCUT2D eigenvalue weighted by atomic mass is 9.99. The van der Waals surface area contributed by atoms with Gasteiger partial charge in [-0.1, -0.05) is 13.8 Å². The standard InChI is InChI=1S/C15H15NO4/c1-3-12(17)11(13(18)4-2)6-9-5-10(8-16)15(20)14(19)7-9/h5-7,19-20H,3-4H2,1-2H3. The molecule has 0 heterocycles. The van der Waals surface area contributed by atoms with Crippen LogP contribution in [0, 0.1) is 11.3 Å². The summed E-state index contributed by atoms with van der Waals surface area (Å²) >= 11 is 0. The molecule has 0 fully saturated rings. The van der Waals surface area contributed by atoms with Crippen LogP contribution in [0.2, 0.25) is 0 Å². The van der Waals surface area contributed by atoms with Gasteiger partial charge in [0.25, 0.3) is 0 Å². The maximum absolute atomic E-state index is 11.8. The average Bonchev–Trinajstić information content (AvgIpc) is 2.46. The van der Waals surface area contributed by atoms with E-state index in [-0.39, 0.29) is 35.5 Å². The summed E-state index contributed by atoms with van der Waals surface area (Å²) in [7, 11) is 0. The van der Waals surface area contributed by atoms with Crippen molar-refractivity contribution >= 4 is 17.6 Å². The van der Waals surface area contributed by atoms with Crippen molar-refractivity contribution in [1.29, 1.82) is 5.26 Å². The van der Waals surface area contributed by atoms with Crippen molar-refractivity contribution in [2.45, 2.75) is 26.7 Å². The highest BCUT2D eigenvalue weighted by molar-refractivity contribution is 6.23. The number of Topliss-reactive ketones (excluding diaryl/α,β-unsaturated/α-hetero) is 2. The Hall–Kier alpha value is -2.61. The number of carbonyl (C=O) groups is 2. The molecule has 0 aromatic heterocycles. The first-order valence-corrected chi connectivity index (χ1v) is 6.18. The van der Waals surface area contributed by atoms with Gasteiger partial charge in [-0.25, -0.2) is 0 Å². The second kappa shape index (κ2) is 6.53. The predicted molar refractivity (Wildman–Crippen MR) is 73.1 cm³/mol. The van der Waals surface area contributed by atoms with Crippen molar-refractivity contribution in [2.24, 2.45) is 0 Å².